The smallest absolute Gasteiger partial charge is 0.132 e. The van der Waals surface area contributed by atoms with Crippen LogP contribution in [-0.4, -0.2) is 18.2 Å². The predicted octanol–water partition coefficient (Wildman–Crippen LogP) is 2.99. The Morgan fingerprint density at radius 1 is 1.39 bits per heavy atom. The third-order valence-corrected chi connectivity index (χ3v) is 3.79. The van der Waals surface area contributed by atoms with Crippen LogP contribution in [0, 0.1) is 18.3 Å². The van der Waals surface area contributed by atoms with E-state index in [4.69, 9.17) is 16.3 Å². The van der Waals surface area contributed by atoms with E-state index >= 15 is 0 Å². The summed E-state index contributed by atoms with van der Waals surface area (Å²) in [6.45, 7) is 2.86. The van der Waals surface area contributed by atoms with E-state index in [0.29, 0.717) is 18.4 Å². The molecule has 0 N–H and O–H groups in total. The Morgan fingerprint density at radius 3 is 2.78 bits per heavy atom. The standard InChI is InChI=1S/C14H11ClN2O/c1-9-4-10-5-11(14(6-16)7-18-8-14)2-3-12(10)17-13(9)15/h2-5H,7-8H2,1H3. The molecule has 0 atom stereocenters. The summed E-state index contributed by atoms with van der Waals surface area (Å²) >= 11 is 6.00. The Labute approximate surface area is 110 Å². The fourth-order valence-corrected chi connectivity index (χ4v) is 2.30. The first-order valence-corrected chi connectivity index (χ1v) is 6.09. The minimum atomic E-state index is -0.484. The van der Waals surface area contributed by atoms with Crippen molar-refractivity contribution in [1.82, 2.24) is 4.98 Å². The van der Waals surface area contributed by atoms with Crippen LogP contribution in [0.3, 0.4) is 0 Å². The van der Waals surface area contributed by atoms with Gasteiger partial charge in [-0.25, -0.2) is 4.98 Å². The van der Waals surface area contributed by atoms with Gasteiger partial charge in [0.25, 0.3) is 0 Å². The van der Waals surface area contributed by atoms with Gasteiger partial charge in [-0.05, 0) is 36.2 Å². The number of benzene rings is 1. The first-order chi connectivity index (χ1) is 8.64. The van der Waals surface area contributed by atoms with E-state index in [-0.39, 0.29) is 0 Å². The van der Waals surface area contributed by atoms with Crippen molar-refractivity contribution >= 4 is 22.5 Å². The largest absolute Gasteiger partial charge is 0.377 e. The number of aryl methyl sites for hydroxylation is 1. The molecule has 0 radical (unpaired) electrons. The maximum atomic E-state index is 9.29. The van der Waals surface area contributed by atoms with E-state index in [1.54, 1.807) is 0 Å². The highest BCUT2D eigenvalue weighted by Crippen LogP contribution is 2.33. The number of hydrogen-bond donors (Lipinski definition) is 0. The molecule has 0 spiro atoms. The molecule has 1 aromatic carbocycles. The molecule has 0 unspecified atom stereocenters. The number of ether oxygens (including phenoxy) is 1. The summed E-state index contributed by atoms with van der Waals surface area (Å²) in [5.74, 6) is 0. The SMILES string of the molecule is Cc1cc2cc(C3(C#N)COC3)ccc2nc1Cl. The number of rotatable bonds is 1. The van der Waals surface area contributed by atoms with Gasteiger partial charge < -0.3 is 4.74 Å². The Kier molecular flexibility index (Phi) is 2.51. The average molecular weight is 259 g/mol. The van der Waals surface area contributed by atoms with Crippen molar-refractivity contribution in [2.75, 3.05) is 13.2 Å². The molecule has 0 amide bonds. The quantitative estimate of drug-likeness (QED) is 0.739. The van der Waals surface area contributed by atoms with Crippen LogP contribution < -0.4 is 0 Å². The molecule has 1 fully saturated rings. The van der Waals surface area contributed by atoms with Crippen LogP contribution in [0.1, 0.15) is 11.1 Å². The number of nitrogens with zero attached hydrogens (tertiary/aromatic N) is 2. The topological polar surface area (TPSA) is 45.9 Å². The predicted molar refractivity (Wildman–Crippen MR) is 69.6 cm³/mol. The summed E-state index contributed by atoms with van der Waals surface area (Å²) in [5, 5.41) is 10.8. The summed E-state index contributed by atoms with van der Waals surface area (Å²) in [6.07, 6.45) is 0. The molecule has 0 bridgehead atoms. The van der Waals surface area contributed by atoms with E-state index < -0.39 is 5.41 Å². The molecule has 2 aromatic rings. The van der Waals surface area contributed by atoms with Crippen molar-refractivity contribution in [2.24, 2.45) is 0 Å². The highest BCUT2D eigenvalue weighted by atomic mass is 35.5. The second-order valence-electron chi connectivity index (χ2n) is 4.69. The lowest BCUT2D eigenvalue weighted by Crippen LogP contribution is -2.45. The third kappa shape index (κ3) is 1.58. The molecule has 1 aliphatic rings. The lowest BCUT2D eigenvalue weighted by molar-refractivity contribution is -0.0297. The van der Waals surface area contributed by atoms with Gasteiger partial charge in [0.15, 0.2) is 0 Å². The van der Waals surface area contributed by atoms with Gasteiger partial charge in [-0.2, -0.15) is 5.26 Å². The molecule has 0 saturated carbocycles. The molecule has 4 heteroatoms. The minimum absolute atomic E-state index is 0.467. The first-order valence-electron chi connectivity index (χ1n) is 5.71. The molecule has 18 heavy (non-hydrogen) atoms. The summed E-state index contributed by atoms with van der Waals surface area (Å²) in [4.78, 5) is 4.32. The fraction of sp³-hybridized carbons (Fsp3) is 0.286. The molecule has 1 saturated heterocycles. The van der Waals surface area contributed by atoms with Crippen molar-refractivity contribution in [1.29, 1.82) is 5.26 Å². The number of nitriles is 1. The molecular weight excluding hydrogens is 248 g/mol. The van der Waals surface area contributed by atoms with E-state index in [1.807, 2.05) is 31.2 Å². The van der Waals surface area contributed by atoms with Crippen molar-refractivity contribution in [3.05, 3.63) is 40.5 Å². The van der Waals surface area contributed by atoms with Crippen molar-refractivity contribution in [3.63, 3.8) is 0 Å². The van der Waals surface area contributed by atoms with Gasteiger partial charge >= 0.3 is 0 Å². The molecule has 90 valence electrons. The first kappa shape index (κ1) is 11.5. The number of hydrogen-bond acceptors (Lipinski definition) is 3. The van der Waals surface area contributed by atoms with E-state index in [1.165, 1.54) is 0 Å². The summed E-state index contributed by atoms with van der Waals surface area (Å²) in [7, 11) is 0. The Balaban J connectivity index is 2.17. The van der Waals surface area contributed by atoms with Crippen molar-refractivity contribution < 1.29 is 4.74 Å². The molecule has 1 aliphatic heterocycles. The molecule has 2 heterocycles. The maximum absolute atomic E-state index is 9.29. The van der Waals surface area contributed by atoms with Crippen LogP contribution in [0.4, 0.5) is 0 Å². The number of halogens is 1. The van der Waals surface area contributed by atoms with Gasteiger partial charge in [0.1, 0.15) is 10.6 Å². The number of pyridine rings is 1. The van der Waals surface area contributed by atoms with Crippen molar-refractivity contribution in [2.45, 2.75) is 12.3 Å². The van der Waals surface area contributed by atoms with Gasteiger partial charge in [0.2, 0.25) is 0 Å². The number of fused-ring (bicyclic) bond motifs is 1. The van der Waals surface area contributed by atoms with Crippen LogP contribution in [0.5, 0.6) is 0 Å². The Bertz CT molecular complexity index is 671. The Hall–Kier alpha value is -1.63. The van der Waals surface area contributed by atoms with E-state index in [2.05, 4.69) is 11.1 Å². The summed E-state index contributed by atoms with van der Waals surface area (Å²) < 4.78 is 5.18. The zero-order valence-electron chi connectivity index (χ0n) is 9.90. The third-order valence-electron chi connectivity index (χ3n) is 3.41. The van der Waals surface area contributed by atoms with Crippen LogP contribution >= 0.6 is 11.6 Å². The molecule has 3 nitrogen and oxygen atoms in total. The Morgan fingerprint density at radius 2 is 2.17 bits per heavy atom. The van der Waals surface area contributed by atoms with Crippen LogP contribution in [0.25, 0.3) is 10.9 Å². The van der Waals surface area contributed by atoms with Gasteiger partial charge in [0, 0.05) is 5.39 Å². The van der Waals surface area contributed by atoms with Gasteiger partial charge in [-0.15, -0.1) is 0 Å². The number of aromatic nitrogens is 1. The maximum Gasteiger partial charge on any atom is 0.132 e. The lowest BCUT2D eigenvalue weighted by Gasteiger charge is -2.35. The highest BCUT2D eigenvalue weighted by Gasteiger charge is 2.40. The van der Waals surface area contributed by atoms with Gasteiger partial charge in [-0.3, -0.25) is 0 Å². The van der Waals surface area contributed by atoms with Gasteiger partial charge in [-0.1, -0.05) is 17.7 Å². The monoisotopic (exact) mass is 258 g/mol. The van der Waals surface area contributed by atoms with Crippen LogP contribution in [0.15, 0.2) is 24.3 Å². The molecule has 3 rings (SSSR count). The zero-order chi connectivity index (χ0) is 12.8. The van der Waals surface area contributed by atoms with Gasteiger partial charge in [0.05, 0.1) is 24.8 Å². The van der Waals surface area contributed by atoms with Crippen LogP contribution in [0.2, 0.25) is 5.15 Å². The fourth-order valence-electron chi connectivity index (χ4n) is 2.16. The lowest BCUT2D eigenvalue weighted by atomic mass is 9.80. The molecule has 1 aromatic heterocycles. The summed E-state index contributed by atoms with van der Waals surface area (Å²) in [5.41, 5.74) is 2.30. The second kappa shape index (κ2) is 3.94. The normalized spacial score (nSPS) is 17.2. The second-order valence-corrected chi connectivity index (χ2v) is 5.05. The van der Waals surface area contributed by atoms with Crippen molar-refractivity contribution in [3.8, 4) is 6.07 Å². The van der Waals surface area contributed by atoms with Crippen LogP contribution in [-0.2, 0) is 10.2 Å². The zero-order valence-corrected chi connectivity index (χ0v) is 10.7. The highest BCUT2D eigenvalue weighted by molar-refractivity contribution is 6.30. The molecule has 0 aliphatic carbocycles. The van der Waals surface area contributed by atoms with E-state index in [9.17, 15) is 5.26 Å². The minimum Gasteiger partial charge on any atom is -0.377 e. The summed E-state index contributed by atoms with van der Waals surface area (Å²) in [6, 6.07) is 10.2. The molecular formula is C14H11ClN2O. The average Bonchev–Trinajstić information content (AvgIpc) is 2.30. The van der Waals surface area contributed by atoms with E-state index in [0.717, 1.165) is 22.0 Å².